The van der Waals surface area contributed by atoms with E-state index in [1.807, 2.05) is 20.0 Å². The molecule has 1 heterocycles. The molecule has 16 heavy (non-hydrogen) atoms. The Kier molecular flexibility index (Phi) is 5.42. The summed E-state index contributed by atoms with van der Waals surface area (Å²) in [6, 6.07) is -0.0275. The van der Waals surface area contributed by atoms with Crippen LogP contribution in [0.1, 0.15) is 42.1 Å². The van der Waals surface area contributed by atoms with Gasteiger partial charge < -0.3 is 10.4 Å². The van der Waals surface area contributed by atoms with Crippen molar-refractivity contribution < 1.29 is 9.90 Å². The Morgan fingerprint density at radius 2 is 2.38 bits per heavy atom. The van der Waals surface area contributed by atoms with Gasteiger partial charge in [-0.05, 0) is 26.7 Å². The van der Waals surface area contributed by atoms with Crippen LogP contribution < -0.4 is 5.32 Å². The lowest BCUT2D eigenvalue weighted by atomic mass is 10.2. The molecule has 1 rings (SSSR count). The van der Waals surface area contributed by atoms with Gasteiger partial charge in [-0.15, -0.1) is 11.3 Å². The van der Waals surface area contributed by atoms with Crippen molar-refractivity contribution >= 4 is 17.2 Å². The quantitative estimate of drug-likeness (QED) is 0.748. The summed E-state index contributed by atoms with van der Waals surface area (Å²) in [6.07, 6.45) is 3.69. The second kappa shape index (κ2) is 6.60. The summed E-state index contributed by atoms with van der Waals surface area (Å²) >= 11 is 1.60. The Morgan fingerprint density at radius 3 is 2.94 bits per heavy atom. The van der Waals surface area contributed by atoms with Crippen molar-refractivity contribution in [3.8, 4) is 0 Å². The molecule has 0 bridgehead atoms. The number of unbranched alkanes of at least 4 members (excludes halogenated alkanes) is 1. The molecule has 0 spiro atoms. The number of hydrogen-bond acceptors (Lipinski definition) is 4. The molecule has 0 aliphatic carbocycles. The van der Waals surface area contributed by atoms with Crippen LogP contribution in [-0.2, 0) is 4.79 Å². The van der Waals surface area contributed by atoms with Crippen LogP contribution in [0.4, 0.5) is 0 Å². The minimum absolute atomic E-state index is 0.0220. The van der Waals surface area contributed by atoms with Crippen molar-refractivity contribution in [3.63, 3.8) is 0 Å². The van der Waals surface area contributed by atoms with E-state index < -0.39 is 0 Å². The fraction of sp³-hybridized carbons (Fsp3) is 0.636. The third-order valence-electron chi connectivity index (χ3n) is 2.20. The standard InChI is InChI=1S/C11H18N2O2S/c1-8-7-12-11(16-8)9(2)13-10(15)5-3-4-6-14/h7,9,14H,3-6H2,1-2H3,(H,13,15). The van der Waals surface area contributed by atoms with Gasteiger partial charge in [-0.25, -0.2) is 4.98 Å². The molecule has 2 N–H and O–H groups in total. The van der Waals surface area contributed by atoms with E-state index in [2.05, 4.69) is 10.3 Å². The number of nitrogens with one attached hydrogen (secondary N) is 1. The number of aromatic nitrogens is 1. The average Bonchev–Trinajstić information content (AvgIpc) is 2.65. The number of amides is 1. The van der Waals surface area contributed by atoms with Crippen molar-refractivity contribution in [1.29, 1.82) is 0 Å². The Balaban J connectivity index is 2.33. The molecule has 4 nitrogen and oxygen atoms in total. The second-order valence-electron chi connectivity index (χ2n) is 3.78. The summed E-state index contributed by atoms with van der Waals surface area (Å²) < 4.78 is 0. The van der Waals surface area contributed by atoms with Crippen LogP contribution in [0.5, 0.6) is 0 Å². The summed E-state index contributed by atoms with van der Waals surface area (Å²) in [5.74, 6) is 0.0220. The third kappa shape index (κ3) is 4.28. The Morgan fingerprint density at radius 1 is 1.62 bits per heavy atom. The molecule has 1 aromatic rings. The molecule has 1 atom stereocenters. The summed E-state index contributed by atoms with van der Waals surface area (Å²) in [7, 11) is 0. The predicted octanol–water partition coefficient (Wildman–Crippen LogP) is 1.79. The van der Waals surface area contributed by atoms with E-state index in [1.165, 1.54) is 0 Å². The van der Waals surface area contributed by atoms with E-state index in [0.29, 0.717) is 12.8 Å². The lowest BCUT2D eigenvalue weighted by Gasteiger charge is -2.10. The zero-order valence-corrected chi connectivity index (χ0v) is 10.5. The first-order valence-corrected chi connectivity index (χ1v) is 6.27. The lowest BCUT2D eigenvalue weighted by molar-refractivity contribution is -0.121. The maximum Gasteiger partial charge on any atom is 0.220 e. The SMILES string of the molecule is Cc1cnc(C(C)NC(=O)CCCCO)s1. The molecule has 0 aromatic carbocycles. The zero-order valence-electron chi connectivity index (χ0n) is 9.69. The number of carbonyl (C=O) groups excluding carboxylic acids is 1. The highest BCUT2D eigenvalue weighted by Gasteiger charge is 2.11. The largest absolute Gasteiger partial charge is 0.396 e. The lowest BCUT2D eigenvalue weighted by Crippen LogP contribution is -2.26. The van der Waals surface area contributed by atoms with Gasteiger partial charge in [-0.3, -0.25) is 4.79 Å². The van der Waals surface area contributed by atoms with Crippen molar-refractivity contribution in [1.82, 2.24) is 10.3 Å². The van der Waals surface area contributed by atoms with Crippen LogP contribution in [0, 0.1) is 6.92 Å². The van der Waals surface area contributed by atoms with E-state index in [-0.39, 0.29) is 18.6 Å². The summed E-state index contributed by atoms with van der Waals surface area (Å²) in [5.41, 5.74) is 0. The molecule has 5 heteroatoms. The van der Waals surface area contributed by atoms with Gasteiger partial charge in [0.1, 0.15) is 5.01 Å². The first-order chi connectivity index (χ1) is 7.63. The number of rotatable bonds is 6. The maximum absolute atomic E-state index is 11.5. The fourth-order valence-corrected chi connectivity index (χ4v) is 2.12. The van der Waals surface area contributed by atoms with E-state index >= 15 is 0 Å². The summed E-state index contributed by atoms with van der Waals surface area (Å²) in [4.78, 5) is 16.9. The molecule has 0 saturated carbocycles. The van der Waals surface area contributed by atoms with Gasteiger partial charge in [0.2, 0.25) is 5.91 Å². The second-order valence-corrected chi connectivity index (χ2v) is 5.05. The van der Waals surface area contributed by atoms with E-state index in [0.717, 1.165) is 16.3 Å². The van der Waals surface area contributed by atoms with Gasteiger partial charge in [0.05, 0.1) is 6.04 Å². The van der Waals surface area contributed by atoms with Gasteiger partial charge in [0.15, 0.2) is 0 Å². The highest BCUT2D eigenvalue weighted by Crippen LogP contribution is 2.18. The van der Waals surface area contributed by atoms with Gasteiger partial charge in [0.25, 0.3) is 0 Å². The first kappa shape index (κ1) is 13.1. The number of nitrogens with zero attached hydrogens (tertiary/aromatic N) is 1. The molecule has 0 saturated heterocycles. The van der Waals surface area contributed by atoms with Gasteiger partial charge in [-0.2, -0.15) is 0 Å². The van der Waals surface area contributed by atoms with Gasteiger partial charge in [-0.1, -0.05) is 0 Å². The van der Waals surface area contributed by atoms with Crippen molar-refractivity contribution in [2.24, 2.45) is 0 Å². The van der Waals surface area contributed by atoms with E-state index in [9.17, 15) is 4.79 Å². The molecule has 90 valence electrons. The first-order valence-electron chi connectivity index (χ1n) is 5.46. The number of thiazole rings is 1. The molecule has 0 aliphatic heterocycles. The van der Waals surface area contributed by atoms with Gasteiger partial charge >= 0.3 is 0 Å². The highest BCUT2D eigenvalue weighted by atomic mass is 32.1. The monoisotopic (exact) mass is 242 g/mol. The molecule has 1 aromatic heterocycles. The topological polar surface area (TPSA) is 62.2 Å². The predicted molar refractivity (Wildman–Crippen MR) is 64.3 cm³/mol. The molecule has 0 fully saturated rings. The number of carbonyl (C=O) groups is 1. The number of hydrogen-bond donors (Lipinski definition) is 2. The van der Waals surface area contributed by atoms with Gasteiger partial charge in [0, 0.05) is 24.1 Å². The van der Waals surface area contributed by atoms with Crippen LogP contribution in [-0.4, -0.2) is 22.6 Å². The van der Waals surface area contributed by atoms with Crippen LogP contribution in [0.25, 0.3) is 0 Å². The van der Waals surface area contributed by atoms with Crippen LogP contribution in [0.3, 0.4) is 0 Å². The van der Waals surface area contributed by atoms with Crippen molar-refractivity contribution in [2.45, 2.75) is 39.2 Å². The fourth-order valence-electron chi connectivity index (χ4n) is 1.35. The normalized spacial score (nSPS) is 12.4. The van der Waals surface area contributed by atoms with Crippen LogP contribution >= 0.6 is 11.3 Å². The number of aliphatic hydroxyl groups excluding tert-OH is 1. The summed E-state index contributed by atoms with van der Waals surface area (Å²) in [6.45, 7) is 4.08. The number of aliphatic hydroxyl groups is 1. The minimum atomic E-state index is -0.0275. The van der Waals surface area contributed by atoms with Crippen LogP contribution in [0.15, 0.2) is 6.20 Å². The smallest absolute Gasteiger partial charge is 0.220 e. The maximum atomic E-state index is 11.5. The zero-order chi connectivity index (χ0) is 12.0. The highest BCUT2D eigenvalue weighted by molar-refractivity contribution is 7.11. The van der Waals surface area contributed by atoms with Crippen LogP contribution in [0.2, 0.25) is 0 Å². The Labute approximate surface area is 99.7 Å². The molecular weight excluding hydrogens is 224 g/mol. The molecule has 0 aliphatic rings. The molecular formula is C11H18N2O2S. The molecule has 1 unspecified atom stereocenters. The minimum Gasteiger partial charge on any atom is -0.396 e. The van der Waals surface area contributed by atoms with E-state index in [4.69, 9.17) is 5.11 Å². The third-order valence-corrected chi connectivity index (χ3v) is 3.29. The van der Waals surface area contributed by atoms with E-state index in [1.54, 1.807) is 11.3 Å². The Bertz CT molecular complexity index is 338. The van der Waals surface area contributed by atoms with Crippen molar-refractivity contribution in [2.75, 3.05) is 6.61 Å². The van der Waals surface area contributed by atoms with Crippen molar-refractivity contribution in [3.05, 3.63) is 16.1 Å². The summed E-state index contributed by atoms with van der Waals surface area (Å²) in [5, 5.41) is 12.4. The average molecular weight is 242 g/mol. The number of aryl methyl sites for hydroxylation is 1. The molecule has 0 radical (unpaired) electrons. The Hall–Kier alpha value is -0.940. The molecule has 1 amide bonds.